The summed E-state index contributed by atoms with van der Waals surface area (Å²) >= 11 is 1.79. The van der Waals surface area contributed by atoms with Crippen LogP contribution in [-0.2, 0) is 0 Å². The first-order chi connectivity index (χ1) is 30.6. The van der Waals surface area contributed by atoms with E-state index in [0.29, 0.717) is 5.56 Å². The highest BCUT2D eigenvalue weighted by molar-refractivity contribution is 7.26. The van der Waals surface area contributed by atoms with Crippen molar-refractivity contribution in [3.8, 4) is 56.4 Å². The minimum absolute atomic E-state index is 0.00855. The van der Waals surface area contributed by atoms with Crippen LogP contribution < -0.4 is 0 Å². The molecule has 234 valence electrons. The van der Waals surface area contributed by atoms with E-state index in [4.69, 9.17) is 28.7 Å². The molecule has 0 N–H and O–H groups in total. The molecule has 50 heavy (non-hydrogen) atoms. The van der Waals surface area contributed by atoms with Crippen molar-refractivity contribution in [3.05, 3.63) is 163 Å². The van der Waals surface area contributed by atoms with Crippen LogP contribution in [0.25, 0.3) is 96.8 Å². The maximum atomic E-state index is 9.50. The summed E-state index contributed by atoms with van der Waals surface area (Å²) in [5.41, 5.74) is 3.80. The third kappa shape index (κ3) is 4.98. The van der Waals surface area contributed by atoms with Gasteiger partial charge >= 0.3 is 0 Å². The smallest absolute Gasteiger partial charge is 0.165 e. The van der Waals surface area contributed by atoms with E-state index in [0.717, 1.165) is 44.9 Å². The van der Waals surface area contributed by atoms with Crippen molar-refractivity contribution < 1.29 is 19.2 Å². The quantitative estimate of drug-likeness (QED) is 0.181. The molecule has 3 aromatic heterocycles. The van der Waals surface area contributed by atoms with Gasteiger partial charge in [0.2, 0.25) is 0 Å². The second-order valence-electron chi connectivity index (χ2n) is 11.4. The molecule has 3 heterocycles. The van der Waals surface area contributed by atoms with Crippen LogP contribution in [-0.4, -0.2) is 15.0 Å². The summed E-state index contributed by atoms with van der Waals surface area (Å²) in [7, 11) is 0. The van der Waals surface area contributed by atoms with E-state index >= 15 is 0 Å². The molecule has 0 bridgehead atoms. The van der Waals surface area contributed by atoms with Crippen molar-refractivity contribution in [1.82, 2.24) is 15.0 Å². The molecule has 10 rings (SSSR count). The molecule has 10 aromatic rings. The molecular formula is C45H27N3S2. The zero-order valence-electron chi connectivity index (χ0n) is 39.7. The summed E-state index contributed by atoms with van der Waals surface area (Å²) in [5.74, 6) is -0.469. The van der Waals surface area contributed by atoms with Crippen molar-refractivity contribution in [2.45, 2.75) is 0 Å². The zero-order chi connectivity index (χ0) is 45.2. The minimum Gasteiger partial charge on any atom is -0.208 e. The highest BCUT2D eigenvalue weighted by Crippen LogP contribution is 2.41. The SMILES string of the molecule is [2H]c1c([2H])c([2H])c2c(sc3c([2H])c(-c4nc(-c5cccc(-c6cccc(-c7ccccc7)c6)c5)nc(-c5c([2H])c([2H])c([2H])c6c5sc5c([2H])c([2H])c([2H])c([2H])c56)n4)c([2H])c([2H])c32)c1[2H]. The topological polar surface area (TPSA) is 38.7 Å². The number of aromatic nitrogens is 3. The average Bonchev–Trinajstić information content (AvgIpc) is 3.92. The van der Waals surface area contributed by atoms with Crippen molar-refractivity contribution >= 4 is 63.0 Å². The Hall–Kier alpha value is -6.01. The van der Waals surface area contributed by atoms with Gasteiger partial charge in [0.1, 0.15) is 0 Å². The lowest BCUT2D eigenvalue weighted by Gasteiger charge is -2.11. The van der Waals surface area contributed by atoms with Crippen LogP contribution in [0.5, 0.6) is 0 Å². The molecule has 0 unspecified atom stereocenters. The zero-order valence-corrected chi connectivity index (χ0v) is 27.3. The van der Waals surface area contributed by atoms with Gasteiger partial charge in [0, 0.05) is 57.0 Å². The molecule has 0 spiro atoms. The highest BCUT2D eigenvalue weighted by atomic mass is 32.1. The monoisotopic (exact) mass is 687 g/mol. The molecule has 7 aromatic carbocycles. The van der Waals surface area contributed by atoms with Gasteiger partial charge in [-0.25, -0.2) is 15.0 Å². The first kappa shape index (κ1) is 18.1. The van der Waals surface area contributed by atoms with E-state index in [1.807, 2.05) is 66.7 Å². The van der Waals surface area contributed by atoms with Crippen molar-refractivity contribution in [3.63, 3.8) is 0 Å². The molecule has 0 atom stereocenters. The number of nitrogens with zero attached hydrogens (tertiary/aromatic N) is 3. The van der Waals surface area contributed by atoms with Gasteiger partial charge in [-0.05, 0) is 58.6 Å². The molecule has 3 nitrogen and oxygen atoms in total. The molecule has 0 saturated carbocycles. The molecule has 0 aliphatic carbocycles. The molecule has 0 saturated heterocycles. The Kier molecular flexibility index (Phi) is 4.29. The van der Waals surface area contributed by atoms with Crippen LogP contribution in [0.1, 0.15) is 19.2 Å². The van der Waals surface area contributed by atoms with Gasteiger partial charge < -0.3 is 0 Å². The van der Waals surface area contributed by atoms with Gasteiger partial charge in [0.05, 0.1) is 19.2 Å². The number of benzene rings is 7. The van der Waals surface area contributed by atoms with Crippen LogP contribution in [0.3, 0.4) is 0 Å². The van der Waals surface area contributed by atoms with Crippen LogP contribution in [0, 0.1) is 0 Å². The fourth-order valence-corrected chi connectivity index (χ4v) is 8.00. The number of hydrogen-bond acceptors (Lipinski definition) is 5. The fourth-order valence-electron chi connectivity index (χ4n) is 5.97. The lowest BCUT2D eigenvalue weighted by atomic mass is 9.98. The van der Waals surface area contributed by atoms with Gasteiger partial charge in [-0.2, -0.15) is 0 Å². The molecule has 0 amide bonds. The van der Waals surface area contributed by atoms with Crippen molar-refractivity contribution in [2.24, 2.45) is 0 Å². The second-order valence-corrected chi connectivity index (χ2v) is 13.4. The molecule has 0 aliphatic rings. The van der Waals surface area contributed by atoms with Crippen LogP contribution in [0.15, 0.2) is 163 Å². The maximum absolute atomic E-state index is 9.50. The molecule has 0 radical (unpaired) electrons. The van der Waals surface area contributed by atoms with E-state index in [1.165, 1.54) is 0 Å². The maximum Gasteiger partial charge on any atom is 0.165 e. The molecule has 0 fully saturated rings. The minimum atomic E-state index is -0.555. The van der Waals surface area contributed by atoms with E-state index in [9.17, 15) is 5.48 Å². The first-order valence-electron chi connectivity index (χ1n) is 22.5. The Bertz CT molecular complexity index is 3680. The third-order valence-corrected chi connectivity index (χ3v) is 10.5. The summed E-state index contributed by atoms with van der Waals surface area (Å²) < 4.78 is 124. The van der Waals surface area contributed by atoms with Crippen LogP contribution in [0.4, 0.5) is 0 Å². The lowest BCUT2D eigenvalue weighted by molar-refractivity contribution is 1.08. The Morgan fingerprint density at radius 3 is 1.74 bits per heavy atom. The highest BCUT2D eigenvalue weighted by Gasteiger charge is 2.18. The van der Waals surface area contributed by atoms with Crippen molar-refractivity contribution in [2.75, 3.05) is 0 Å². The van der Waals surface area contributed by atoms with Crippen LogP contribution >= 0.6 is 22.7 Å². The Morgan fingerprint density at radius 2 is 0.960 bits per heavy atom. The number of fused-ring (bicyclic) bond motifs is 6. The molecule has 5 heteroatoms. The normalized spacial score (nSPS) is 15.5. The summed E-state index contributed by atoms with van der Waals surface area (Å²) in [6, 6.07) is 18.9. The number of hydrogen-bond donors (Lipinski definition) is 0. The Labute approximate surface area is 316 Å². The van der Waals surface area contributed by atoms with E-state index in [-0.39, 0.29) is 87.1 Å². The second kappa shape index (κ2) is 11.8. The Morgan fingerprint density at radius 1 is 0.400 bits per heavy atom. The predicted molar refractivity (Wildman–Crippen MR) is 213 cm³/mol. The summed E-state index contributed by atoms with van der Waals surface area (Å²) in [6.45, 7) is 0. The molecular weight excluding hydrogens is 647 g/mol. The van der Waals surface area contributed by atoms with Gasteiger partial charge in [-0.3, -0.25) is 0 Å². The predicted octanol–water partition coefficient (Wildman–Crippen LogP) is 12.9. The van der Waals surface area contributed by atoms with Gasteiger partial charge in [-0.15, -0.1) is 22.7 Å². The lowest BCUT2D eigenvalue weighted by Crippen LogP contribution is -2.00. The number of rotatable bonds is 5. The van der Waals surface area contributed by atoms with Gasteiger partial charge in [0.25, 0.3) is 0 Å². The Balaban J connectivity index is 1.28. The summed E-state index contributed by atoms with van der Waals surface area (Å²) in [5, 5.41) is 0.0503. The third-order valence-electron chi connectivity index (χ3n) is 8.33. The van der Waals surface area contributed by atoms with Crippen LogP contribution in [0.2, 0.25) is 0 Å². The van der Waals surface area contributed by atoms with E-state index < -0.39 is 66.5 Å². The summed E-state index contributed by atoms with van der Waals surface area (Å²) in [6.07, 6.45) is 0. The van der Waals surface area contributed by atoms with Gasteiger partial charge in [0.15, 0.2) is 17.5 Å². The molecule has 0 aliphatic heterocycles. The van der Waals surface area contributed by atoms with Crippen molar-refractivity contribution in [1.29, 1.82) is 0 Å². The standard InChI is InChI=1S/C45H27N3S2/c1-2-11-28(12-3-1)29-13-8-14-30(25-29)31-15-9-16-32(26-31)43-46-44(33-23-24-36-34-17-4-6-21-39(34)49-41(36)27-33)48-45(47-43)38-20-10-19-37-35-18-5-7-22-40(35)50-42(37)38/h1-27H/i4D,5D,6D,7D,10D,17D,18D,19D,20D,21D,22D,23D,24D,27D. The summed E-state index contributed by atoms with van der Waals surface area (Å²) in [4.78, 5) is 14.4. The van der Waals surface area contributed by atoms with E-state index in [2.05, 4.69) is 0 Å². The van der Waals surface area contributed by atoms with E-state index in [1.54, 1.807) is 12.1 Å². The first-order valence-corrected chi connectivity index (χ1v) is 17.1. The largest absolute Gasteiger partial charge is 0.208 e. The fraction of sp³-hybridized carbons (Fsp3) is 0. The van der Waals surface area contributed by atoms with Gasteiger partial charge in [-0.1, -0.05) is 127 Å². The number of thiophene rings is 2. The average molecular weight is 688 g/mol.